The lowest BCUT2D eigenvalue weighted by Crippen LogP contribution is -2.03. The number of sulfone groups is 1. The van der Waals surface area contributed by atoms with Crippen molar-refractivity contribution in [2.75, 3.05) is 18.7 Å². The largest absolute Gasteiger partial charge is 0.497 e. The maximum Gasteiger partial charge on any atom is 0.192 e. The summed E-state index contributed by atoms with van der Waals surface area (Å²) in [7, 11) is -1.77. The highest BCUT2D eigenvalue weighted by atomic mass is 32.2. The van der Waals surface area contributed by atoms with Crippen molar-refractivity contribution in [1.82, 2.24) is 9.97 Å². The first-order valence-electron chi connectivity index (χ1n) is 5.42. The molecule has 0 radical (unpaired) electrons. The van der Waals surface area contributed by atoms with Gasteiger partial charge in [0.25, 0.3) is 0 Å². The van der Waals surface area contributed by atoms with Gasteiger partial charge in [-0.15, -0.1) is 0 Å². The van der Waals surface area contributed by atoms with Crippen molar-refractivity contribution in [1.29, 1.82) is 0 Å². The van der Waals surface area contributed by atoms with Crippen LogP contribution in [0.5, 0.6) is 5.75 Å². The Bertz CT molecular complexity index is 686. The van der Waals surface area contributed by atoms with Gasteiger partial charge in [-0.2, -0.15) is 0 Å². The van der Waals surface area contributed by atoms with Gasteiger partial charge >= 0.3 is 0 Å². The molecule has 0 spiro atoms. The Labute approximate surface area is 111 Å². The Morgan fingerprint density at radius 3 is 2.68 bits per heavy atom. The monoisotopic (exact) mass is 279 g/mol. The molecule has 1 aromatic carbocycles. The van der Waals surface area contributed by atoms with Crippen LogP contribution in [0.3, 0.4) is 0 Å². The van der Waals surface area contributed by atoms with Gasteiger partial charge in [0.15, 0.2) is 14.9 Å². The van der Waals surface area contributed by atoms with Crippen LogP contribution in [-0.4, -0.2) is 31.8 Å². The maximum atomic E-state index is 11.4. The van der Waals surface area contributed by atoms with Crippen molar-refractivity contribution < 1.29 is 13.2 Å². The topological polar surface area (TPSA) is 81.2 Å². The van der Waals surface area contributed by atoms with E-state index in [2.05, 4.69) is 15.3 Å². The summed E-state index contributed by atoms with van der Waals surface area (Å²) in [5.74, 6) is 1.10. The molecule has 0 saturated heterocycles. The molecule has 1 N–H and O–H groups in total. The Balaban J connectivity index is 2.28. The number of anilines is 2. The summed E-state index contributed by atoms with van der Waals surface area (Å²) in [6.07, 6.45) is 2.31. The van der Waals surface area contributed by atoms with E-state index >= 15 is 0 Å². The third kappa shape index (κ3) is 3.41. The summed E-state index contributed by atoms with van der Waals surface area (Å²) in [4.78, 5) is 7.70. The van der Waals surface area contributed by atoms with Crippen LogP contribution in [0, 0.1) is 0 Å². The second-order valence-corrected chi connectivity index (χ2v) is 5.83. The van der Waals surface area contributed by atoms with Gasteiger partial charge in [0.2, 0.25) is 0 Å². The molecule has 100 valence electrons. The van der Waals surface area contributed by atoms with Crippen molar-refractivity contribution in [2.24, 2.45) is 0 Å². The summed E-state index contributed by atoms with van der Waals surface area (Å²) < 4.78 is 27.9. The number of benzene rings is 1. The van der Waals surface area contributed by atoms with Crippen LogP contribution in [0.25, 0.3) is 0 Å². The molecule has 0 fully saturated rings. The smallest absolute Gasteiger partial charge is 0.192 e. The number of ether oxygens (including phenoxy) is 1. The molecule has 2 rings (SSSR count). The highest BCUT2D eigenvalue weighted by molar-refractivity contribution is 7.90. The summed E-state index contributed by atoms with van der Waals surface area (Å²) in [5, 5.41) is 2.98. The van der Waals surface area contributed by atoms with Gasteiger partial charge in [-0.25, -0.2) is 18.4 Å². The molecule has 0 bridgehead atoms. The van der Waals surface area contributed by atoms with Crippen molar-refractivity contribution >= 4 is 21.3 Å². The summed E-state index contributed by atoms with van der Waals surface area (Å²) >= 11 is 0. The van der Waals surface area contributed by atoms with E-state index in [4.69, 9.17) is 4.74 Å². The SMILES string of the molecule is COc1cccc(Nc2cc(S(C)(=O)=O)ncn2)c1. The lowest BCUT2D eigenvalue weighted by atomic mass is 10.3. The molecule has 2 aromatic rings. The third-order valence-corrected chi connectivity index (χ3v) is 3.35. The van der Waals surface area contributed by atoms with Crippen LogP contribution >= 0.6 is 0 Å². The molecule has 0 atom stereocenters. The van der Waals surface area contributed by atoms with E-state index < -0.39 is 9.84 Å². The van der Waals surface area contributed by atoms with Gasteiger partial charge in [-0.3, -0.25) is 0 Å². The van der Waals surface area contributed by atoms with Gasteiger partial charge in [0, 0.05) is 24.1 Å². The lowest BCUT2D eigenvalue weighted by molar-refractivity contribution is 0.415. The average molecular weight is 279 g/mol. The summed E-state index contributed by atoms with van der Waals surface area (Å²) in [5.41, 5.74) is 0.748. The fourth-order valence-corrected chi connectivity index (χ4v) is 2.02. The third-order valence-electron chi connectivity index (χ3n) is 2.36. The van der Waals surface area contributed by atoms with Crippen LogP contribution in [-0.2, 0) is 9.84 Å². The number of hydrogen-bond acceptors (Lipinski definition) is 6. The summed E-state index contributed by atoms with van der Waals surface area (Å²) in [6, 6.07) is 8.62. The second kappa shape index (κ2) is 5.23. The molecular weight excluding hydrogens is 266 g/mol. The average Bonchev–Trinajstić information content (AvgIpc) is 2.38. The standard InChI is InChI=1S/C12H13N3O3S/c1-18-10-5-3-4-9(6-10)15-11-7-12(14-8-13-11)19(2,16)17/h3-8H,1-2H3,(H,13,14,15). The minimum atomic E-state index is -3.35. The quantitative estimate of drug-likeness (QED) is 0.857. The van der Waals surface area contributed by atoms with Gasteiger partial charge < -0.3 is 10.1 Å². The summed E-state index contributed by atoms with van der Waals surface area (Å²) in [6.45, 7) is 0. The Morgan fingerprint density at radius 1 is 1.21 bits per heavy atom. The Morgan fingerprint density at radius 2 is 2.00 bits per heavy atom. The van der Waals surface area contributed by atoms with Crippen LogP contribution in [0.1, 0.15) is 0 Å². The van der Waals surface area contributed by atoms with Crippen molar-refractivity contribution in [3.63, 3.8) is 0 Å². The van der Waals surface area contributed by atoms with Crippen LogP contribution in [0.2, 0.25) is 0 Å². The van der Waals surface area contributed by atoms with Gasteiger partial charge in [-0.1, -0.05) is 6.07 Å². The first-order valence-corrected chi connectivity index (χ1v) is 7.31. The minimum Gasteiger partial charge on any atom is -0.497 e. The number of rotatable bonds is 4. The molecular formula is C12H13N3O3S. The number of aromatic nitrogens is 2. The zero-order chi connectivity index (χ0) is 13.9. The predicted molar refractivity (Wildman–Crippen MR) is 71.4 cm³/mol. The maximum absolute atomic E-state index is 11.4. The highest BCUT2D eigenvalue weighted by Crippen LogP contribution is 2.20. The Kier molecular flexibility index (Phi) is 3.66. The zero-order valence-corrected chi connectivity index (χ0v) is 11.3. The molecule has 1 heterocycles. The highest BCUT2D eigenvalue weighted by Gasteiger charge is 2.10. The molecule has 0 unspecified atom stereocenters. The second-order valence-electron chi connectivity index (χ2n) is 3.87. The van der Waals surface area contributed by atoms with Crippen LogP contribution < -0.4 is 10.1 Å². The van der Waals surface area contributed by atoms with Crippen LogP contribution in [0.15, 0.2) is 41.7 Å². The molecule has 0 aliphatic heterocycles. The van der Waals surface area contributed by atoms with Gasteiger partial charge in [0.1, 0.15) is 17.9 Å². The van der Waals surface area contributed by atoms with Crippen molar-refractivity contribution in [3.05, 3.63) is 36.7 Å². The molecule has 7 heteroatoms. The molecule has 0 aliphatic carbocycles. The Hall–Kier alpha value is -2.15. The van der Waals surface area contributed by atoms with E-state index in [1.807, 2.05) is 18.2 Å². The van der Waals surface area contributed by atoms with E-state index in [9.17, 15) is 8.42 Å². The van der Waals surface area contributed by atoms with Gasteiger partial charge in [-0.05, 0) is 12.1 Å². The number of nitrogens with zero attached hydrogens (tertiary/aromatic N) is 2. The molecule has 1 aromatic heterocycles. The number of methoxy groups -OCH3 is 1. The number of nitrogens with one attached hydrogen (secondary N) is 1. The van der Waals surface area contributed by atoms with Crippen LogP contribution in [0.4, 0.5) is 11.5 Å². The zero-order valence-electron chi connectivity index (χ0n) is 10.5. The fourth-order valence-electron chi connectivity index (χ4n) is 1.46. The van der Waals surface area contributed by atoms with Crippen molar-refractivity contribution in [3.8, 4) is 5.75 Å². The fraction of sp³-hybridized carbons (Fsp3) is 0.167. The van der Waals surface area contributed by atoms with E-state index in [-0.39, 0.29) is 5.03 Å². The lowest BCUT2D eigenvalue weighted by Gasteiger charge is -2.07. The first kappa shape index (κ1) is 13.3. The van der Waals surface area contributed by atoms with E-state index in [1.54, 1.807) is 13.2 Å². The van der Waals surface area contributed by atoms with Gasteiger partial charge in [0.05, 0.1) is 7.11 Å². The van der Waals surface area contributed by atoms with E-state index in [1.165, 1.54) is 12.4 Å². The van der Waals surface area contributed by atoms with E-state index in [0.717, 1.165) is 11.9 Å². The van der Waals surface area contributed by atoms with Crippen molar-refractivity contribution in [2.45, 2.75) is 5.03 Å². The molecule has 6 nitrogen and oxygen atoms in total. The predicted octanol–water partition coefficient (Wildman–Crippen LogP) is 1.63. The molecule has 19 heavy (non-hydrogen) atoms. The molecule has 0 aliphatic rings. The molecule has 0 saturated carbocycles. The first-order chi connectivity index (χ1) is 8.99. The minimum absolute atomic E-state index is 0.0205. The van der Waals surface area contributed by atoms with E-state index in [0.29, 0.717) is 11.6 Å². The number of hydrogen-bond donors (Lipinski definition) is 1. The normalized spacial score (nSPS) is 11.1. The molecule has 0 amide bonds.